The van der Waals surface area contributed by atoms with E-state index in [1.54, 1.807) is 0 Å². The molecule has 2 fully saturated rings. The molecule has 1 N–H and O–H groups in total. The third-order valence-corrected chi connectivity index (χ3v) is 3.86. The van der Waals surface area contributed by atoms with Crippen molar-refractivity contribution < 1.29 is 16.4 Å². The minimum Gasteiger partial charge on any atom is -0.441 e. The largest absolute Gasteiger partial charge is 0.441 e. The Bertz CT molecular complexity index is 651. The molecule has 5 heteroatoms. The van der Waals surface area contributed by atoms with Crippen molar-refractivity contribution in [1.29, 1.82) is 0 Å². The number of halogens is 1. The topological polar surface area (TPSA) is 41.6 Å². The lowest BCUT2D eigenvalue weighted by Crippen LogP contribution is -2.47. The second kappa shape index (κ2) is 6.46. The number of benzene rings is 1. The van der Waals surface area contributed by atoms with Crippen LogP contribution in [0.1, 0.15) is 25.3 Å². The monoisotopic (exact) mass is 301 g/mol. The molecule has 2 aliphatic heterocycles. The van der Waals surface area contributed by atoms with Crippen molar-refractivity contribution in [1.82, 2.24) is 10.2 Å². The van der Waals surface area contributed by atoms with Crippen molar-refractivity contribution in [3.63, 3.8) is 0 Å². The van der Waals surface area contributed by atoms with Gasteiger partial charge in [-0.15, -0.1) is 12.4 Å². The molecule has 20 heavy (non-hydrogen) atoms. The van der Waals surface area contributed by atoms with Gasteiger partial charge in [-0.1, -0.05) is 30.2 Å². The number of hydrogen-bond donors (Lipinski definition) is 1. The lowest BCUT2D eigenvalue weighted by Gasteiger charge is -2.37. The number of likely N-dealkylation sites (tertiary alicyclic amines) is 1. The van der Waals surface area contributed by atoms with Crippen LogP contribution in [0.5, 0.6) is 0 Å². The molecule has 0 atom stereocenters. The van der Waals surface area contributed by atoms with Crippen LogP contribution in [-0.4, -0.2) is 42.8 Å². The normalized spacial score (nSPS) is 24.6. The van der Waals surface area contributed by atoms with E-state index in [0.29, 0.717) is 25.1 Å². The van der Waals surface area contributed by atoms with E-state index in [1.807, 2.05) is 0 Å². The molecule has 0 bridgehead atoms. The van der Waals surface area contributed by atoms with Gasteiger partial charge in [-0.05, 0) is 12.0 Å². The molecule has 1 amide bonds. The van der Waals surface area contributed by atoms with Crippen molar-refractivity contribution in [3.8, 4) is 0 Å². The van der Waals surface area contributed by atoms with Gasteiger partial charge in [0, 0.05) is 32.5 Å². The highest BCUT2D eigenvalue weighted by molar-refractivity contribution is 5.85. The van der Waals surface area contributed by atoms with Crippen LogP contribution in [0, 0.1) is 0 Å². The van der Waals surface area contributed by atoms with Gasteiger partial charge >= 0.3 is 6.09 Å². The summed E-state index contributed by atoms with van der Waals surface area (Å²) in [5, 5.41) is 2.70. The number of hydrogen-bond acceptors (Lipinski definition) is 3. The van der Waals surface area contributed by atoms with Gasteiger partial charge in [0.2, 0.25) is 0 Å². The van der Waals surface area contributed by atoms with Gasteiger partial charge in [-0.2, -0.15) is 0 Å². The van der Waals surface area contributed by atoms with E-state index in [4.69, 9.17) is 11.6 Å². The van der Waals surface area contributed by atoms with Crippen molar-refractivity contribution in [3.05, 3.63) is 35.8 Å². The van der Waals surface area contributed by atoms with Crippen LogP contribution in [-0.2, 0) is 11.2 Å². The number of rotatable bonds is 3. The van der Waals surface area contributed by atoms with Crippen LogP contribution in [0.4, 0.5) is 4.79 Å². The molecule has 0 radical (unpaired) electrons. The van der Waals surface area contributed by atoms with Crippen molar-refractivity contribution in [2.75, 3.05) is 26.2 Å². The summed E-state index contributed by atoms with van der Waals surface area (Å²) in [4.78, 5) is 13.4. The quantitative estimate of drug-likeness (QED) is 0.931. The van der Waals surface area contributed by atoms with Crippen LogP contribution in [0.25, 0.3) is 0 Å². The zero-order valence-corrected chi connectivity index (χ0v) is 11.9. The molecule has 1 spiro atoms. The SMILES string of the molecule is Cl.[2H]c1c([2H])c([2H])c(CCN2CCC3(CC2)CNC(=O)O3)c([2H])c1[2H]. The zero-order valence-electron chi connectivity index (χ0n) is 16.1. The standard InChI is InChI=1S/C15H20N2O2.ClH/c18-14-16-12-15(19-14)7-10-17(11-8-15)9-6-13-4-2-1-3-5-13;/h1-5H,6-12H2,(H,16,18);1H/i1D,2D,3D,4D,5D;. The number of ether oxygens (including phenoxy) is 1. The van der Waals surface area contributed by atoms with E-state index in [9.17, 15) is 4.79 Å². The van der Waals surface area contributed by atoms with E-state index >= 15 is 0 Å². The van der Waals surface area contributed by atoms with E-state index in [0.717, 1.165) is 25.9 Å². The van der Waals surface area contributed by atoms with Crippen LogP contribution in [0.3, 0.4) is 0 Å². The highest BCUT2D eigenvalue weighted by atomic mass is 35.5. The van der Waals surface area contributed by atoms with Crippen LogP contribution in [0.2, 0.25) is 0 Å². The molecule has 2 aliphatic rings. The predicted molar refractivity (Wildman–Crippen MR) is 80.3 cm³/mol. The Kier molecular flexibility index (Phi) is 3.11. The average Bonchev–Trinajstić information content (AvgIpc) is 2.93. The number of piperidine rings is 1. The molecule has 4 nitrogen and oxygen atoms in total. The molecule has 0 aliphatic carbocycles. The van der Waals surface area contributed by atoms with E-state index in [1.165, 1.54) is 0 Å². The van der Waals surface area contributed by atoms with E-state index in [2.05, 4.69) is 10.2 Å². The van der Waals surface area contributed by atoms with Gasteiger partial charge in [-0.25, -0.2) is 4.79 Å². The number of carbonyl (C=O) groups excluding carboxylic acids is 1. The lowest BCUT2D eigenvalue weighted by molar-refractivity contribution is 0.00123. The first kappa shape index (κ1) is 9.64. The van der Waals surface area contributed by atoms with Crippen LogP contribution < -0.4 is 5.32 Å². The highest BCUT2D eigenvalue weighted by Gasteiger charge is 2.42. The van der Waals surface area contributed by atoms with Gasteiger partial charge in [-0.3, -0.25) is 0 Å². The summed E-state index contributed by atoms with van der Waals surface area (Å²) < 4.78 is 44.3. The Hall–Kier alpha value is -1.26. The predicted octanol–water partition coefficient (Wildman–Crippen LogP) is 2.23. The summed E-state index contributed by atoms with van der Waals surface area (Å²) in [5.74, 6) is 0. The number of nitrogens with one attached hydrogen (secondary N) is 1. The van der Waals surface area contributed by atoms with Gasteiger partial charge in [0.05, 0.1) is 13.4 Å². The maximum Gasteiger partial charge on any atom is 0.407 e. The number of nitrogens with zero attached hydrogens (tertiary/aromatic N) is 1. The number of alkyl carbamates (subject to hydrolysis) is 1. The molecule has 0 unspecified atom stereocenters. The van der Waals surface area contributed by atoms with Crippen LogP contribution >= 0.6 is 12.4 Å². The number of carbonyl (C=O) groups is 1. The van der Waals surface area contributed by atoms with Gasteiger partial charge in [0.1, 0.15) is 5.60 Å². The fourth-order valence-electron chi connectivity index (χ4n) is 2.64. The second-order valence-electron chi connectivity index (χ2n) is 5.12. The highest BCUT2D eigenvalue weighted by Crippen LogP contribution is 2.29. The van der Waals surface area contributed by atoms with Crippen molar-refractivity contribution in [2.24, 2.45) is 0 Å². The lowest BCUT2D eigenvalue weighted by atomic mass is 9.91. The minimum atomic E-state index is -0.398. The second-order valence-corrected chi connectivity index (χ2v) is 5.12. The smallest absolute Gasteiger partial charge is 0.407 e. The van der Waals surface area contributed by atoms with Gasteiger partial charge < -0.3 is 15.0 Å². The van der Waals surface area contributed by atoms with Crippen LogP contribution in [0.15, 0.2) is 30.2 Å². The van der Waals surface area contributed by atoms with Crippen molar-refractivity contribution >= 4 is 18.5 Å². The summed E-state index contributed by atoms with van der Waals surface area (Å²) in [6.07, 6.45) is 1.53. The van der Waals surface area contributed by atoms with Gasteiger partial charge in [0.25, 0.3) is 0 Å². The Balaban J connectivity index is 0.00000225. The molecule has 0 saturated carbocycles. The molecule has 3 rings (SSSR count). The Morgan fingerprint density at radius 2 is 2.00 bits per heavy atom. The molecular weight excluding hydrogens is 276 g/mol. The Morgan fingerprint density at radius 3 is 2.60 bits per heavy atom. The summed E-state index contributed by atoms with van der Waals surface area (Å²) in [6.45, 7) is 2.68. The summed E-state index contributed by atoms with van der Waals surface area (Å²) in [6, 6.07) is -1.17. The molecule has 110 valence electrons. The zero-order chi connectivity index (χ0) is 17.5. The molecule has 1 aromatic rings. The first-order valence-electron chi connectivity index (χ1n) is 9.08. The third-order valence-electron chi connectivity index (χ3n) is 3.86. The Morgan fingerprint density at radius 1 is 1.30 bits per heavy atom. The van der Waals surface area contributed by atoms with E-state index in [-0.39, 0.29) is 48.7 Å². The van der Waals surface area contributed by atoms with E-state index < -0.39 is 5.60 Å². The molecule has 1 aromatic carbocycles. The molecule has 2 saturated heterocycles. The first-order chi connectivity index (χ1) is 11.3. The molecule has 0 aromatic heterocycles. The first-order valence-corrected chi connectivity index (χ1v) is 6.58. The summed E-state index contributed by atoms with van der Waals surface area (Å²) in [5.41, 5.74) is -0.0418. The fourth-order valence-corrected chi connectivity index (χ4v) is 2.64. The average molecular weight is 302 g/mol. The molecular formula is C15H21ClN2O2. The fraction of sp³-hybridized carbons (Fsp3) is 0.533. The van der Waals surface area contributed by atoms with Crippen molar-refractivity contribution in [2.45, 2.75) is 24.9 Å². The Labute approximate surface area is 132 Å². The van der Waals surface area contributed by atoms with Gasteiger partial charge in [0.15, 0.2) is 0 Å². The minimum absolute atomic E-state index is 0. The third kappa shape index (κ3) is 3.44. The maximum absolute atomic E-state index is 11.2. The summed E-state index contributed by atoms with van der Waals surface area (Å²) >= 11 is 0. The summed E-state index contributed by atoms with van der Waals surface area (Å²) in [7, 11) is 0. The maximum atomic E-state index is 11.2. The number of amides is 1. The molecule has 2 heterocycles.